The molecule has 2 aromatic rings. The molecule has 1 spiro atoms. The molecule has 1 unspecified atom stereocenters. The number of likely N-dealkylation sites (N-methyl/N-ethyl adjacent to an activating group) is 1. The minimum absolute atomic E-state index is 0.000713. The van der Waals surface area contributed by atoms with Crippen LogP contribution in [0.5, 0.6) is 5.75 Å². The molecule has 0 aromatic heterocycles. The highest BCUT2D eigenvalue weighted by molar-refractivity contribution is 5.92. The van der Waals surface area contributed by atoms with Gasteiger partial charge in [-0.2, -0.15) is 0 Å². The highest BCUT2D eigenvalue weighted by Gasteiger charge is 2.55. The minimum atomic E-state index is -1.13. The van der Waals surface area contributed by atoms with Crippen LogP contribution in [0.3, 0.4) is 0 Å². The average Bonchev–Trinajstić information content (AvgIpc) is 3.13. The van der Waals surface area contributed by atoms with Crippen molar-refractivity contribution in [2.75, 3.05) is 33.3 Å². The van der Waals surface area contributed by atoms with Gasteiger partial charge in [-0.3, -0.25) is 14.4 Å². The highest BCUT2D eigenvalue weighted by atomic mass is 16.5. The summed E-state index contributed by atoms with van der Waals surface area (Å²) in [5.41, 5.74) is 5.32. The van der Waals surface area contributed by atoms with Crippen molar-refractivity contribution >= 4 is 17.7 Å². The fraction of sp³-hybridized carbons (Fsp3) is 0.483. The molecule has 2 aromatic carbocycles. The van der Waals surface area contributed by atoms with Crippen LogP contribution >= 0.6 is 0 Å². The molecule has 2 heterocycles. The Morgan fingerprint density at radius 3 is 2.43 bits per heavy atom. The van der Waals surface area contributed by atoms with Crippen molar-refractivity contribution in [2.45, 2.75) is 50.6 Å². The number of piperidine rings is 1. The molecule has 3 atom stereocenters. The van der Waals surface area contributed by atoms with Crippen LogP contribution in [0.1, 0.15) is 44.6 Å². The predicted molar refractivity (Wildman–Crippen MR) is 142 cm³/mol. The van der Waals surface area contributed by atoms with Gasteiger partial charge in [0.2, 0.25) is 17.7 Å². The van der Waals surface area contributed by atoms with E-state index in [-0.39, 0.29) is 30.8 Å². The molecule has 2 aliphatic heterocycles. The van der Waals surface area contributed by atoms with E-state index in [0.29, 0.717) is 25.4 Å². The monoisotopic (exact) mass is 506 g/mol. The van der Waals surface area contributed by atoms with Crippen molar-refractivity contribution in [3.63, 3.8) is 0 Å². The molecule has 2 saturated heterocycles. The van der Waals surface area contributed by atoms with Gasteiger partial charge in [-0.1, -0.05) is 48.5 Å². The molecule has 2 fully saturated rings. The normalized spacial score (nSPS) is 22.7. The number of para-hydroxylation sites is 1. The van der Waals surface area contributed by atoms with Crippen LogP contribution in [-0.4, -0.2) is 72.4 Å². The van der Waals surface area contributed by atoms with Crippen LogP contribution in [0.15, 0.2) is 60.7 Å². The van der Waals surface area contributed by atoms with Gasteiger partial charge in [0, 0.05) is 39.0 Å². The fourth-order valence-electron chi connectivity index (χ4n) is 5.53. The average molecular weight is 507 g/mol. The first-order valence-electron chi connectivity index (χ1n) is 13.0. The molecule has 37 heavy (non-hydrogen) atoms. The summed E-state index contributed by atoms with van der Waals surface area (Å²) in [6.07, 6.45) is 1.73. The molecule has 0 radical (unpaired) electrons. The quantitative estimate of drug-likeness (QED) is 0.573. The second-order valence-electron chi connectivity index (χ2n) is 10.9. The number of benzene rings is 2. The third kappa shape index (κ3) is 5.80. The van der Waals surface area contributed by atoms with Crippen molar-refractivity contribution in [1.29, 1.82) is 0 Å². The molecule has 4 rings (SSSR count). The summed E-state index contributed by atoms with van der Waals surface area (Å²) in [5, 5.41) is 2.85. The topological polar surface area (TPSA) is 105 Å². The molecule has 2 aliphatic rings. The lowest BCUT2D eigenvalue weighted by atomic mass is 9.69. The summed E-state index contributed by atoms with van der Waals surface area (Å²) in [7, 11) is 1.83. The van der Waals surface area contributed by atoms with Gasteiger partial charge >= 0.3 is 0 Å². The first-order valence-corrected chi connectivity index (χ1v) is 13.0. The van der Waals surface area contributed by atoms with E-state index in [1.807, 2.05) is 55.6 Å². The maximum Gasteiger partial charge on any atom is 0.245 e. The number of amides is 3. The zero-order chi connectivity index (χ0) is 26.6. The van der Waals surface area contributed by atoms with Gasteiger partial charge in [-0.25, -0.2) is 0 Å². The lowest BCUT2D eigenvalue weighted by Gasteiger charge is -2.43. The van der Waals surface area contributed by atoms with Crippen LogP contribution in [0.25, 0.3) is 0 Å². The van der Waals surface area contributed by atoms with Crippen molar-refractivity contribution in [1.82, 2.24) is 15.1 Å². The van der Waals surface area contributed by atoms with Gasteiger partial charge in [-0.05, 0) is 44.4 Å². The Morgan fingerprint density at radius 2 is 1.78 bits per heavy atom. The van der Waals surface area contributed by atoms with Gasteiger partial charge in [0.1, 0.15) is 11.8 Å². The molecule has 8 heteroatoms. The van der Waals surface area contributed by atoms with E-state index in [1.165, 1.54) is 0 Å². The number of carbonyl (C=O) groups is 3. The maximum atomic E-state index is 13.9. The molecule has 8 nitrogen and oxygen atoms in total. The Morgan fingerprint density at radius 1 is 1.14 bits per heavy atom. The van der Waals surface area contributed by atoms with E-state index >= 15 is 0 Å². The molecule has 0 bridgehead atoms. The number of carbonyl (C=O) groups excluding carboxylic acids is 3. The van der Waals surface area contributed by atoms with Crippen molar-refractivity contribution in [3.05, 3.63) is 66.2 Å². The van der Waals surface area contributed by atoms with Crippen molar-refractivity contribution < 1.29 is 19.1 Å². The van der Waals surface area contributed by atoms with E-state index in [2.05, 4.69) is 17.4 Å². The lowest BCUT2D eigenvalue weighted by molar-refractivity contribution is -0.146. The SMILES string of the molecule is CN1C[C@@H](c2ccccc2)[C@@]2(CCCN(C(=O)C(CCOc3ccccc3)NC(=O)C(C)(C)N)C2)C1=O. The lowest BCUT2D eigenvalue weighted by Crippen LogP contribution is -2.59. The second kappa shape index (κ2) is 10.9. The van der Waals surface area contributed by atoms with Crippen LogP contribution in [0.2, 0.25) is 0 Å². The maximum absolute atomic E-state index is 13.9. The molecular weight excluding hydrogens is 468 g/mol. The Bertz CT molecular complexity index is 1100. The zero-order valence-electron chi connectivity index (χ0n) is 22.0. The van der Waals surface area contributed by atoms with Crippen LogP contribution in [0.4, 0.5) is 0 Å². The highest BCUT2D eigenvalue weighted by Crippen LogP contribution is 2.49. The number of rotatable bonds is 8. The summed E-state index contributed by atoms with van der Waals surface area (Å²) in [6.45, 7) is 4.95. The molecule has 198 valence electrons. The number of nitrogens with one attached hydrogen (secondary N) is 1. The van der Waals surface area contributed by atoms with E-state index in [1.54, 1.807) is 23.6 Å². The molecular formula is C29H38N4O4. The van der Waals surface area contributed by atoms with E-state index in [0.717, 1.165) is 18.4 Å². The molecule has 0 saturated carbocycles. The summed E-state index contributed by atoms with van der Waals surface area (Å²) in [6, 6.07) is 18.6. The third-order valence-electron chi connectivity index (χ3n) is 7.54. The number of ether oxygens (including phenoxy) is 1. The summed E-state index contributed by atoms with van der Waals surface area (Å²) >= 11 is 0. The molecule has 0 aliphatic carbocycles. The third-order valence-corrected chi connectivity index (χ3v) is 7.54. The summed E-state index contributed by atoms with van der Waals surface area (Å²) in [5.74, 6) is 0.161. The Hall–Kier alpha value is -3.39. The Labute approximate surface area is 219 Å². The van der Waals surface area contributed by atoms with Crippen LogP contribution < -0.4 is 15.8 Å². The van der Waals surface area contributed by atoms with E-state index < -0.39 is 22.9 Å². The van der Waals surface area contributed by atoms with E-state index in [9.17, 15) is 14.4 Å². The minimum Gasteiger partial charge on any atom is -0.494 e. The van der Waals surface area contributed by atoms with Gasteiger partial charge < -0.3 is 25.6 Å². The Balaban J connectivity index is 1.54. The Kier molecular flexibility index (Phi) is 7.87. The zero-order valence-corrected chi connectivity index (χ0v) is 22.0. The largest absolute Gasteiger partial charge is 0.494 e. The summed E-state index contributed by atoms with van der Waals surface area (Å²) in [4.78, 5) is 43.7. The van der Waals surface area contributed by atoms with Crippen LogP contribution in [0, 0.1) is 5.41 Å². The summed E-state index contributed by atoms with van der Waals surface area (Å²) < 4.78 is 5.83. The van der Waals surface area contributed by atoms with E-state index in [4.69, 9.17) is 10.5 Å². The van der Waals surface area contributed by atoms with Gasteiger partial charge in [0.15, 0.2) is 0 Å². The van der Waals surface area contributed by atoms with Gasteiger partial charge in [-0.15, -0.1) is 0 Å². The number of hydrogen-bond acceptors (Lipinski definition) is 5. The van der Waals surface area contributed by atoms with Gasteiger partial charge in [0.05, 0.1) is 17.6 Å². The second-order valence-corrected chi connectivity index (χ2v) is 10.9. The predicted octanol–water partition coefficient (Wildman–Crippen LogP) is 2.54. The van der Waals surface area contributed by atoms with Crippen molar-refractivity contribution in [3.8, 4) is 5.75 Å². The number of likely N-dealkylation sites (tertiary alicyclic amines) is 2. The standard InChI is InChI=1S/C29H38N4O4/c1-28(2,30)26(35)31-24(15-18-37-22-13-8-5-9-14-22)25(34)33-17-10-16-29(20-33)23(19-32(3)27(29)36)21-11-6-4-7-12-21/h4-9,11-14,23-24H,10,15-20,30H2,1-3H3,(H,31,35)/t23-,24?,29-/m0/s1. The molecule has 3 N–H and O–H groups in total. The number of hydrogen-bond donors (Lipinski definition) is 2. The van der Waals surface area contributed by atoms with Crippen molar-refractivity contribution in [2.24, 2.45) is 11.1 Å². The number of nitrogens with zero attached hydrogens (tertiary/aromatic N) is 2. The number of nitrogens with two attached hydrogens (primary N) is 1. The first kappa shape index (κ1) is 26.7. The fourth-order valence-corrected chi connectivity index (χ4v) is 5.53. The van der Waals surface area contributed by atoms with Gasteiger partial charge in [0.25, 0.3) is 0 Å². The smallest absolute Gasteiger partial charge is 0.245 e. The van der Waals surface area contributed by atoms with Crippen LogP contribution in [-0.2, 0) is 14.4 Å². The first-order chi connectivity index (χ1) is 17.6. The molecule has 3 amide bonds.